The van der Waals surface area contributed by atoms with Gasteiger partial charge < -0.3 is 9.73 Å². The largest absolute Gasteiger partial charge is 0.419 e. The Morgan fingerprint density at radius 3 is 2.78 bits per heavy atom. The number of anilines is 1. The lowest BCUT2D eigenvalue weighted by Gasteiger charge is -2.02. The Balaban J connectivity index is 1.43. The molecule has 1 N–H and O–H groups in total. The maximum absolute atomic E-state index is 5.78. The topological polar surface area (TPSA) is 76.7 Å². The highest BCUT2D eigenvalue weighted by atomic mass is 32.2. The highest BCUT2D eigenvalue weighted by Crippen LogP contribution is 2.38. The van der Waals surface area contributed by atoms with Gasteiger partial charge >= 0.3 is 0 Å². The molecular weight excluding hydrogens is 330 g/mol. The van der Waals surface area contributed by atoms with Crippen LogP contribution >= 0.6 is 23.1 Å². The maximum Gasteiger partial charge on any atom is 0.247 e. The number of benzene rings is 1. The molecule has 0 unspecified atom stereocenters. The van der Waals surface area contributed by atoms with E-state index in [1.165, 1.54) is 12.8 Å². The van der Waals surface area contributed by atoms with Gasteiger partial charge in [0.1, 0.15) is 0 Å². The minimum absolute atomic E-state index is 0.0293. The molecule has 1 atom stereocenters. The van der Waals surface area contributed by atoms with Crippen molar-refractivity contribution in [3.8, 4) is 11.5 Å². The zero-order valence-electron chi connectivity index (χ0n) is 12.5. The van der Waals surface area contributed by atoms with Crippen molar-refractivity contribution in [3.63, 3.8) is 0 Å². The van der Waals surface area contributed by atoms with Crippen LogP contribution in [-0.4, -0.2) is 26.4 Å². The Kier molecular flexibility index (Phi) is 4.00. The Morgan fingerprint density at radius 1 is 1.17 bits per heavy atom. The number of hydrogen-bond acceptors (Lipinski definition) is 8. The van der Waals surface area contributed by atoms with E-state index in [2.05, 4.69) is 25.7 Å². The van der Waals surface area contributed by atoms with Crippen LogP contribution in [0.15, 0.2) is 39.1 Å². The molecule has 23 heavy (non-hydrogen) atoms. The smallest absolute Gasteiger partial charge is 0.247 e. The van der Waals surface area contributed by atoms with E-state index in [4.69, 9.17) is 4.42 Å². The van der Waals surface area contributed by atoms with Gasteiger partial charge in [0, 0.05) is 11.6 Å². The van der Waals surface area contributed by atoms with Crippen LogP contribution < -0.4 is 5.32 Å². The van der Waals surface area contributed by atoms with Gasteiger partial charge in [-0.3, -0.25) is 0 Å². The summed E-state index contributed by atoms with van der Waals surface area (Å²) in [6, 6.07) is 10.4. The molecule has 0 aliphatic heterocycles. The average molecular weight is 345 g/mol. The van der Waals surface area contributed by atoms with Crippen molar-refractivity contribution in [2.75, 3.05) is 5.32 Å². The molecule has 1 aromatic carbocycles. The molecule has 2 heterocycles. The molecule has 2 aromatic heterocycles. The Bertz CT molecular complexity index is 784. The third kappa shape index (κ3) is 3.53. The van der Waals surface area contributed by atoms with Gasteiger partial charge in [0.2, 0.25) is 16.9 Å². The molecule has 1 aliphatic rings. The second-order valence-corrected chi connectivity index (χ2v) is 7.93. The second-order valence-electron chi connectivity index (χ2n) is 5.36. The molecule has 6 nitrogen and oxygen atoms in total. The van der Waals surface area contributed by atoms with Crippen LogP contribution in [0.4, 0.5) is 5.13 Å². The van der Waals surface area contributed by atoms with Crippen molar-refractivity contribution in [1.82, 2.24) is 20.4 Å². The van der Waals surface area contributed by atoms with Gasteiger partial charge in [0.15, 0.2) is 4.34 Å². The summed E-state index contributed by atoms with van der Waals surface area (Å²) >= 11 is 3.15. The zero-order valence-corrected chi connectivity index (χ0v) is 14.1. The van der Waals surface area contributed by atoms with E-state index in [-0.39, 0.29) is 5.25 Å². The molecule has 1 saturated carbocycles. The molecular formula is C15H15N5OS2. The lowest BCUT2D eigenvalue weighted by molar-refractivity contribution is 0.509. The summed E-state index contributed by atoms with van der Waals surface area (Å²) < 4.78 is 6.69. The quantitative estimate of drug-likeness (QED) is 0.676. The molecule has 1 aliphatic carbocycles. The summed E-state index contributed by atoms with van der Waals surface area (Å²) in [7, 11) is 0. The van der Waals surface area contributed by atoms with E-state index in [1.807, 2.05) is 37.3 Å². The van der Waals surface area contributed by atoms with E-state index in [1.54, 1.807) is 23.1 Å². The number of hydrogen-bond donors (Lipinski definition) is 1. The summed E-state index contributed by atoms with van der Waals surface area (Å²) in [6.45, 7) is 2.03. The van der Waals surface area contributed by atoms with Crippen molar-refractivity contribution < 1.29 is 4.42 Å². The molecule has 8 heteroatoms. The van der Waals surface area contributed by atoms with Crippen LogP contribution in [0.25, 0.3) is 11.5 Å². The predicted molar refractivity (Wildman–Crippen MR) is 90.6 cm³/mol. The zero-order chi connectivity index (χ0) is 15.6. The Hall–Kier alpha value is -1.93. The van der Waals surface area contributed by atoms with Gasteiger partial charge in [-0.1, -0.05) is 41.3 Å². The first kappa shape index (κ1) is 14.6. The third-order valence-electron chi connectivity index (χ3n) is 3.40. The summed E-state index contributed by atoms with van der Waals surface area (Å²) in [5.41, 5.74) is 0.926. The molecule has 118 valence electrons. The van der Waals surface area contributed by atoms with Crippen LogP contribution in [0.2, 0.25) is 0 Å². The Morgan fingerprint density at radius 2 is 2.00 bits per heavy atom. The highest BCUT2D eigenvalue weighted by molar-refractivity contribution is 8.01. The van der Waals surface area contributed by atoms with Gasteiger partial charge in [0.05, 0.1) is 5.25 Å². The molecule has 4 rings (SSSR count). The number of thioether (sulfide) groups is 1. The van der Waals surface area contributed by atoms with Gasteiger partial charge in [-0.05, 0) is 31.9 Å². The van der Waals surface area contributed by atoms with Crippen molar-refractivity contribution in [3.05, 3.63) is 36.2 Å². The molecule has 1 fully saturated rings. The monoisotopic (exact) mass is 345 g/mol. The fourth-order valence-electron chi connectivity index (χ4n) is 2.02. The average Bonchev–Trinajstić information content (AvgIpc) is 3.07. The van der Waals surface area contributed by atoms with Crippen LogP contribution in [-0.2, 0) is 0 Å². The number of nitrogens with one attached hydrogen (secondary N) is 1. The SMILES string of the molecule is C[C@H](Sc1nnc(NC2CC2)s1)c1nnc(-c2ccccc2)o1. The van der Waals surface area contributed by atoms with Gasteiger partial charge in [-0.15, -0.1) is 20.4 Å². The van der Waals surface area contributed by atoms with Crippen molar-refractivity contribution in [2.24, 2.45) is 0 Å². The third-order valence-corrected chi connectivity index (χ3v) is 5.42. The first-order valence-corrected chi connectivity index (χ1v) is 9.13. The molecule has 0 saturated heterocycles. The summed E-state index contributed by atoms with van der Waals surface area (Å²) in [5, 5.41) is 20.9. The van der Waals surface area contributed by atoms with Gasteiger partial charge in [-0.25, -0.2) is 0 Å². The summed E-state index contributed by atoms with van der Waals surface area (Å²) in [4.78, 5) is 0. The van der Waals surface area contributed by atoms with Crippen molar-refractivity contribution >= 4 is 28.2 Å². The van der Waals surface area contributed by atoms with Crippen LogP contribution in [0.5, 0.6) is 0 Å². The van der Waals surface area contributed by atoms with Crippen molar-refractivity contribution in [1.29, 1.82) is 0 Å². The van der Waals surface area contributed by atoms with E-state index in [0.717, 1.165) is 15.0 Å². The molecule has 0 spiro atoms. The maximum atomic E-state index is 5.78. The van der Waals surface area contributed by atoms with Crippen molar-refractivity contribution in [2.45, 2.75) is 35.4 Å². The van der Waals surface area contributed by atoms with E-state index >= 15 is 0 Å². The van der Waals surface area contributed by atoms with Crippen LogP contribution in [0.3, 0.4) is 0 Å². The van der Waals surface area contributed by atoms with Crippen LogP contribution in [0, 0.1) is 0 Å². The normalized spacial score (nSPS) is 15.5. The minimum Gasteiger partial charge on any atom is -0.419 e. The van der Waals surface area contributed by atoms with E-state index in [0.29, 0.717) is 17.8 Å². The van der Waals surface area contributed by atoms with Crippen LogP contribution in [0.1, 0.15) is 30.9 Å². The fraction of sp³-hybridized carbons (Fsp3) is 0.333. The predicted octanol–water partition coefficient (Wildman–Crippen LogP) is 4.02. The second kappa shape index (κ2) is 6.29. The lowest BCUT2D eigenvalue weighted by Crippen LogP contribution is -1.99. The molecule has 3 aromatic rings. The summed E-state index contributed by atoms with van der Waals surface area (Å²) in [6.07, 6.45) is 2.45. The number of nitrogens with zero attached hydrogens (tertiary/aromatic N) is 4. The molecule has 0 bridgehead atoms. The standard InChI is InChI=1S/C15H15N5OS2/c1-9(22-15-20-19-14(23-15)16-11-7-8-11)12-17-18-13(21-12)10-5-3-2-4-6-10/h2-6,9,11H,7-8H2,1H3,(H,16,19)/t9-/m0/s1. The van der Waals surface area contributed by atoms with E-state index < -0.39 is 0 Å². The molecule has 0 radical (unpaired) electrons. The first-order chi connectivity index (χ1) is 11.3. The Labute approximate surface area is 141 Å². The van der Waals surface area contributed by atoms with Gasteiger partial charge in [0.25, 0.3) is 0 Å². The number of rotatable bonds is 6. The lowest BCUT2D eigenvalue weighted by atomic mass is 10.2. The fourth-order valence-corrected chi connectivity index (χ4v) is 4.02. The minimum atomic E-state index is 0.0293. The first-order valence-electron chi connectivity index (χ1n) is 7.43. The highest BCUT2D eigenvalue weighted by Gasteiger charge is 2.23. The summed E-state index contributed by atoms with van der Waals surface area (Å²) in [5.74, 6) is 1.14. The molecule has 0 amide bonds. The van der Waals surface area contributed by atoms with Gasteiger partial charge in [-0.2, -0.15) is 0 Å². The number of aromatic nitrogens is 4. The van der Waals surface area contributed by atoms with E-state index in [9.17, 15) is 0 Å².